The maximum absolute atomic E-state index is 12.2. The van der Waals surface area contributed by atoms with E-state index in [0.29, 0.717) is 39.1 Å². The first-order valence-electron chi connectivity index (χ1n) is 8.33. The first-order valence-corrected chi connectivity index (χ1v) is 8.33. The van der Waals surface area contributed by atoms with Gasteiger partial charge in [0.2, 0.25) is 5.91 Å². The van der Waals surface area contributed by atoms with Crippen molar-refractivity contribution in [2.75, 3.05) is 19.7 Å². The highest BCUT2D eigenvalue weighted by Crippen LogP contribution is 2.18. The molecule has 0 aromatic heterocycles. The van der Waals surface area contributed by atoms with Crippen LogP contribution in [0.4, 0.5) is 0 Å². The van der Waals surface area contributed by atoms with Gasteiger partial charge >= 0.3 is 0 Å². The molecule has 1 heterocycles. The average Bonchev–Trinajstić information content (AvgIpc) is 2.60. The van der Waals surface area contributed by atoms with Gasteiger partial charge in [-0.1, -0.05) is 30.3 Å². The highest BCUT2D eigenvalue weighted by Gasteiger charge is 2.29. The number of piperidine rings is 1. The summed E-state index contributed by atoms with van der Waals surface area (Å²) in [6, 6.07) is 9.88. The summed E-state index contributed by atoms with van der Waals surface area (Å²) < 4.78 is 5.35. The second kappa shape index (κ2) is 8.67. The summed E-state index contributed by atoms with van der Waals surface area (Å²) in [5.41, 5.74) is 1.10. The van der Waals surface area contributed by atoms with E-state index in [4.69, 9.17) is 4.74 Å². The zero-order valence-corrected chi connectivity index (χ0v) is 14.0. The molecule has 2 amide bonds. The van der Waals surface area contributed by atoms with Crippen LogP contribution >= 0.6 is 0 Å². The molecule has 0 radical (unpaired) electrons. The number of ether oxygens (including phenoxy) is 1. The molecular weight excluding hydrogens is 292 g/mol. The van der Waals surface area contributed by atoms with Crippen molar-refractivity contribution in [3.63, 3.8) is 0 Å². The Hall–Kier alpha value is -1.88. The first-order chi connectivity index (χ1) is 11.1. The molecule has 0 bridgehead atoms. The van der Waals surface area contributed by atoms with E-state index < -0.39 is 6.10 Å². The van der Waals surface area contributed by atoms with Gasteiger partial charge in [0.05, 0.1) is 0 Å². The van der Waals surface area contributed by atoms with Gasteiger partial charge in [-0.05, 0) is 32.3 Å². The van der Waals surface area contributed by atoms with Gasteiger partial charge in [-0.15, -0.1) is 0 Å². The van der Waals surface area contributed by atoms with E-state index in [1.807, 2.05) is 37.3 Å². The van der Waals surface area contributed by atoms with Crippen LogP contribution in [0.1, 0.15) is 32.3 Å². The largest absolute Gasteiger partial charge is 0.369 e. The fourth-order valence-electron chi connectivity index (χ4n) is 2.87. The van der Waals surface area contributed by atoms with Crippen molar-refractivity contribution in [3.05, 3.63) is 35.9 Å². The van der Waals surface area contributed by atoms with E-state index in [1.165, 1.54) is 0 Å². The first kappa shape index (κ1) is 17.5. The summed E-state index contributed by atoms with van der Waals surface area (Å²) in [5.74, 6) is 0.0963. The highest BCUT2D eigenvalue weighted by molar-refractivity contribution is 5.82. The van der Waals surface area contributed by atoms with Gasteiger partial charge in [-0.3, -0.25) is 9.59 Å². The van der Waals surface area contributed by atoms with Gasteiger partial charge in [0.25, 0.3) is 5.91 Å². The number of carbonyl (C=O) groups is 2. The number of benzene rings is 1. The molecule has 1 aromatic rings. The predicted octanol–water partition coefficient (Wildman–Crippen LogP) is 1.97. The number of hydrogen-bond donors (Lipinski definition) is 1. The molecule has 1 saturated heterocycles. The fourth-order valence-corrected chi connectivity index (χ4v) is 2.87. The molecule has 5 nitrogen and oxygen atoms in total. The van der Waals surface area contributed by atoms with Crippen LogP contribution in [0.5, 0.6) is 0 Å². The van der Waals surface area contributed by atoms with E-state index in [2.05, 4.69) is 5.32 Å². The summed E-state index contributed by atoms with van der Waals surface area (Å²) in [6.45, 7) is 6.00. The number of nitrogens with zero attached hydrogens (tertiary/aromatic N) is 1. The van der Waals surface area contributed by atoms with Crippen LogP contribution in [-0.2, 0) is 20.9 Å². The molecule has 2 rings (SSSR count). The lowest BCUT2D eigenvalue weighted by Crippen LogP contribution is -2.46. The van der Waals surface area contributed by atoms with Gasteiger partial charge in [-0.25, -0.2) is 0 Å². The maximum Gasteiger partial charge on any atom is 0.251 e. The van der Waals surface area contributed by atoms with Gasteiger partial charge in [0.15, 0.2) is 0 Å². The summed E-state index contributed by atoms with van der Waals surface area (Å²) in [5, 5.41) is 2.99. The number of amides is 2. The van der Waals surface area contributed by atoms with E-state index in [-0.39, 0.29) is 17.7 Å². The van der Waals surface area contributed by atoms with E-state index in [0.717, 1.165) is 5.56 Å². The molecule has 126 valence electrons. The van der Waals surface area contributed by atoms with Crippen molar-refractivity contribution in [3.8, 4) is 0 Å². The average molecular weight is 318 g/mol. The summed E-state index contributed by atoms with van der Waals surface area (Å²) >= 11 is 0. The fraction of sp³-hybridized carbons (Fsp3) is 0.556. The van der Waals surface area contributed by atoms with Gasteiger partial charge in [0.1, 0.15) is 6.10 Å². The van der Waals surface area contributed by atoms with Crippen LogP contribution in [0.15, 0.2) is 30.3 Å². The minimum Gasteiger partial charge on any atom is -0.369 e. The van der Waals surface area contributed by atoms with Crippen molar-refractivity contribution in [1.82, 2.24) is 10.2 Å². The molecule has 1 atom stereocenters. The Labute approximate surface area is 138 Å². The highest BCUT2D eigenvalue weighted by atomic mass is 16.5. The van der Waals surface area contributed by atoms with Gasteiger partial charge in [-0.2, -0.15) is 0 Å². The van der Waals surface area contributed by atoms with Crippen LogP contribution in [0, 0.1) is 5.92 Å². The van der Waals surface area contributed by atoms with Crippen molar-refractivity contribution >= 4 is 11.8 Å². The minimum absolute atomic E-state index is 0.00911. The van der Waals surface area contributed by atoms with Crippen LogP contribution < -0.4 is 5.32 Å². The van der Waals surface area contributed by atoms with Gasteiger partial charge < -0.3 is 15.0 Å². The second-order valence-electron chi connectivity index (χ2n) is 5.90. The number of nitrogens with one attached hydrogen (secondary N) is 1. The number of rotatable bonds is 6. The van der Waals surface area contributed by atoms with Gasteiger partial charge in [0, 0.05) is 32.2 Å². The third-order valence-electron chi connectivity index (χ3n) is 4.25. The number of carbonyl (C=O) groups excluding carboxylic acids is 2. The Balaban J connectivity index is 1.75. The topological polar surface area (TPSA) is 58.6 Å². The third kappa shape index (κ3) is 5.06. The predicted molar refractivity (Wildman–Crippen MR) is 88.7 cm³/mol. The Kier molecular flexibility index (Phi) is 6.59. The van der Waals surface area contributed by atoms with E-state index >= 15 is 0 Å². The normalized spacial score (nSPS) is 16.9. The van der Waals surface area contributed by atoms with Crippen LogP contribution in [0.2, 0.25) is 0 Å². The number of likely N-dealkylation sites (tertiary alicyclic amines) is 1. The summed E-state index contributed by atoms with van der Waals surface area (Å²) in [4.78, 5) is 26.2. The van der Waals surface area contributed by atoms with Crippen LogP contribution in [0.25, 0.3) is 0 Å². The molecule has 1 aromatic carbocycles. The summed E-state index contributed by atoms with van der Waals surface area (Å²) in [7, 11) is 0. The lowest BCUT2D eigenvalue weighted by Gasteiger charge is -2.32. The molecule has 0 spiro atoms. The van der Waals surface area contributed by atoms with E-state index in [1.54, 1.807) is 11.8 Å². The Morgan fingerprint density at radius 3 is 2.52 bits per heavy atom. The molecular formula is C18H26N2O3. The molecule has 0 saturated carbocycles. The zero-order valence-electron chi connectivity index (χ0n) is 14.0. The molecule has 1 N–H and O–H groups in total. The molecule has 1 unspecified atom stereocenters. The molecule has 5 heteroatoms. The summed E-state index contributed by atoms with van der Waals surface area (Å²) in [6.07, 6.45) is 1.03. The van der Waals surface area contributed by atoms with Crippen molar-refractivity contribution in [1.29, 1.82) is 0 Å². The SMILES string of the molecule is CCOC(C)C(=O)N1CCC(C(=O)NCc2ccccc2)CC1. The Morgan fingerprint density at radius 1 is 1.26 bits per heavy atom. The third-order valence-corrected chi connectivity index (χ3v) is 4.25. The quantitative estimate of drug-likeness (QED) is 0.872. The minimum atomic E-state index is -0.400. The maximum atomic E-state index is 12.2. The molecule has 0 aliphatic carbocycles. The molecule has 1 aliphatic rings. The second-order valence-corrected chi connectivity index (χ2v) is 5.90. The lowest BCUT2D eigenvalue weighted by atomic mass is 9.95. The van der Waals surface area contributed by atoms with Crippen molar-refractivity contribution < 1.29 is 14.3 Å². The standard InChI is InChI=1S/C18H26N2O3/c1-3-23-14(2)18(22)20-11-9-16(10-12-20)17(21)19-13-15-7-5-4-6-8-15/h4-8,14,16H,3,9-13H2,1-2H3,(H,19,21). The van der Waals surface area contributed by atoms with Crippen molar-refractivity contribution in [2.24, 2.45) is 5.92 Å². The lowest BCUT2D eigenvalue weighted by molar-refractivity contribution is -0.145. The Morgan fingerprint density at radius 2 is 1.91 bits per heavy atom. The molecule has 1 fully saturated rings. The van der Waals surface area contributed by atoms with Crippen molar-refractivity contribution in [2.45, 2.75) is 39.3 Å². The smallest absolute Gasteiger partial charge is 0.251 e. The van der Waals surface area contributed by atoms with Crippen LogP contribution in [-0.4, -0.2) is 42.5 Å². The number of hydrogen-bond acceptors (Lipinski definition) is 3. The molecule has 1 aliphatic heterocycles. The Bertz CT molecular complexity index is 510. The van der Waals surface area contributed by atoms with E-state index in [9.17, 15) is 9.59 Å². The monoisotopic (exact) mass is 318 g/mol. The van der Waals surface area contributed by atoms with Crippen LogP contribution in [0.3, 0.4) is 0 Å². The zero-order chi connectivity index (χ0) is 16.7. The molecule has 23 heavy (non-hydrogen) atoms.